The topological polar surface area (TPSA) is 69.6 Å². The van der Waals surface area contributed by atoms with Gasteiger partial charge in [0.25, 0.3) is 11.8 Å². The number of anilines is 1. The van der Waals surface area contributed by atoms with Gasteiger partial charge < -0.3 is 15.3 Å². The summed E-state index contributed by atoms with van der Waals surface area (Å²) in [5, 5.41) is 13.5. The van der Waals surface area contributed by atoms with Gasteiger partial charge in [0.1, 0.15) is 0 Å². The third-order valence-corrected chi connectivity index (χ3v) is 5.07. The Labute approximate surface area is 146 Å². The number of hydrogen-bond acceptors (Lipinski definition) is 3. The number of benzene rings is 2. The molecular weight excluding hydrogens is 316 g/mol. The van der Waals surface area contributed by atoms with E-state index in [4.69, 9.17) is 0 Å². The number of hydrogen-bond donors (Lipinski definition) is 2. The maximum Gasteiger partial charge on any atom is 0.268 e. The molecule has 0 unspecified atom stereocenters. The molecular formula is C20H20N2O3. The first-order valence-electron chi connectivity index (χ1n) is 8.55. The fraction of sp³-hybridized carbons (Fsp3) is 0.300. The highest BCUT2D eigenvalue weighted by Gasteiger charge is 2.53. The van der Waals surface area contributed by atoms with Crippen molar-refractivity contribution in [1.29, 1.82) is 0 Å². The zero-order valence-corrected chi connectivity index (χ0v) is 13.8. The molecule has 2 aliphatic rings. The molecule has 3 atom stereocenters. The van der Waals surface area contributed by atoms with E-state index in [9.17, 15) is 14.7 Å². The predicted molar refractivity (Wildman–Crippen MR) is 94.1 cm³/mol. The first-order chi connectivity index (χ1) is 12.1. The van der Waals surface area contributed by atoms with E-state index in [2.05, 4.69) is 5.32 Å². The second-order valence-electron chi connectivity index (χ2n) is 6.74. The van der Waals surface area contributed by atoms with Crippen LogP contribution in [0, 0.1) is 0 Å². The highest BCUT2D eigenvalue weighted by atomic mass is 16.3. The fourth-order valence-electron chi connectivity index (χ4n) is 3.48. The monoisotopic (exact) mass is 336 g/mol. The van der Waals surface area contributed by atoms with Crippen molar-refractivity contribution in [2.75, 3.05) is 11.4 Å². The van der Waals surface area contributed by atoms with Crippen LogP contribution in [0.1, 0.15) is 24.3 Å². The van der Waals surface area contributed by atoms with E-state index in [-0.39, 0.29) is 18.4 Å². The van der Waals surface area contributed by atoms with Crippen LogP contribution in [0.2, 0.25) is 0 Å². The lowest BCUT2D eigenvalue weighted by Gasteiger charge is -2.22. The van der Waals surface area contributed by atoms with Crippen LogP contribution >= 0.6 is 0 Å². The predicted octanol–water partition coefficient (Wildman–Crippen LogP) is 1.83. The quantitative estimate of drug-likeness (QED) is 0.837. The van der Waals surface area contributed by atoms with Crippen LogP contribution in [-0.2, 0) is 9.59 Å². The number of carbonyl (C=O) groups is 2. The van der Waals surface area contributed by atoms with Crippen molar-refractivity contribution in [3.8, 4) is 0 Å². The molecule has 5 nitrogen and oxygen atoms in total. The molecule has 0 radical (unpaired) electrons. The maximum atomic E-state index is 12.6. The van der Waals surface area contributed by atoms with E-state index in [0.717, 1.165) is 6.42 Å². The number of nitrogens with zero attached hydrogens (tertiary/aromatic N) is 1. The number of para-hydroxylation sites is 1. The normalized spacial score (nSPS) is 28.0. The van der Waals surface area contributed by atoms with Crippen molar-refractivity contribution >= 4 is 17.5 Å². The average Bonchev–Trinajstić information content (AvgIpc) is 3.35. The number of nitrogens with one attached hydrogen (secondary N) is 1. The highest BCUT2D eigenvalue weighted by Crippen LogP contribution is 2.41. The third kappa shape index (κ3) is 2.81. The zero-order chi connectivity index (χ0) is 17.4. The van der Waals surface area contributed by atoms with Gasteiger partial charge in [-0.3, -0.25) is 9.59 Å². The van der Waals surface area contributed by atoms with E-state index in [1.54, 1.807) is 12.1 Å². The van der Waals surface area contributed by atoms with Gasteiger partial charge in [0.15, 0.2) is 0 Å². The molecule has 1 heterocycles. The Morgan fingerprint density at radius 1 is 1.08 bits per heavy atom. The maximum absolute atomic E-state index is 12.6. The van der Waals surface area contributed by atoms with Crippen molar-refractivity contribution < 1.29 is 14.7 Å². The second-order valence-corrected chi connectivity index (χ2v) is 6.74. The van der Waals surface area contributed by atoms with Crippen LogP contribution in [0.4, 0.5) is 5.69 Å². The summed E-state index contributed by atoms with van der Waals surface area (Å²) in [7, 11) is 0. The van der Waals surface area contributed by atoms with Gasteiger partial charge in [0.05, 0.1) is 0 Å². The van der Waals surface area contributed by atoms with Gasteiger partial charge in [-0.1, -0.05) is 48.5 Å². The Morgan fingerprint density at radius 3 is 2.40 bits per heavy atom. The summed E-state index contributed by atoms with van der Waals surface area (Å²) in [5.74, 6) is -0.872. The first-order valence-corrected chi connectivity index (χ1v) is 8.55. The lowest BCUT2D eigenvalue weighted by Crippen LogP contribution is -2.53. The summed E-state index contributed by atoms with van der Waals surface area (Å²) in [5.41, 5.74) is -0.104. The van der Waals surface area contributed by atoms with Crippen LogP contribution in [-0.4, -0.2) is 35.1 Å². The van der Waals surface area contributed by atoms with Gasteiger partial charge >= 0.3 is 0 Å². The molecule has 25 heavy (non-hydrogen) atoms. The molecule has 128 valence electrons. The summed E-state index contributed by atoms with van der Waals surface area (Å²) in [6, 6.07) is 19.1. The molecule has 2 aromatic rings. The SMILES string of the molecule is O=C(N[C@H]1C[C@@H]1c1ccccc1)[C@@]1(O)CCN(c2ccccc2)C1=O. The number of carbonyl (C=O) groups excluding carboxylic acids is 2. The number of rotatable bonds is 4. The lowest BCUT2D eigenvalue weighted by atomic mass is 10.0. The molecule has 2 amide bonds. The summed E-state index contributed by atoms with van der Waals surface area (Å²) >= 11 is 0. The van der Waals surface area contributed by atoms with E-state index in [1.807, 2.05) is 48.5 Å². The lowest BCUT2D eigenvalue weighted by molar-refractivity contribution is -0.149. The molecule has 4 rings (SSSR count). The Morgan fingerprint density at radius 2 is 1.72 bits per heavy atom. The van der Waals surface area contributed by atoms with E-state index < -0.39 is 17.4 Å². The van der Waals surface area contributed by atoms with Crippen LogP contribution in [0.25, 0.3) is 0 Å². The fourth-order valence-corrected chi connectivity index (χ4v) is 3.48. The number of amides is 2. The molecule has 1 aliphatic carbocycles. The minimum absolute atomic E-state index is 0.0162. The molecule has 1 aliphatic heterocycles. The van der Waals surface area contributed by atoms with Crippen molar-refractivity contribution in [2.24, 2.45) is 0 Å². The largest absolute Gasteiger partial charge is 0.372 e. The van der Waals surface area contributed by atoms with Crippen molar-refractivity contribution in [1.82, 2.24) is 5.32 Å². The number of aliphatic hydroxyl groups is 1. The van der Waals surface area contributed by atoms with Crippen molar-refractivity contribution in [3.63, 3.8) is 0 Å². The molecule has 0 bridgehead atoms. The smallest absolute Gasteiger partial charge is 0.268 e. The molecule has 0 spiro atoms. The molecule has 2 fully saturated rings. The Kier molecular flexibility index (Phi) is 3.81. The third-order valence-electron chi connectivity index (χ3n) is 5.07. The van der Waals surface area contributed by atoms with Crippen molar-refractivity contribution in [3.05, 3.63) is 66.2 Å². The molecule has 5 heteroatoms. The first kappa shape index (κ1) is 15.8. The van der Waals surface area contributed by atoms with Crippen LogP contribution < -0.4 is 10.2 Å². The summed E-state index contributed by atoms with van der Waals surface area (Å²) in [6.07, 6.45) is 0.942. The molecule has 1 saturated carbocycles. The van der Waals surface area contributed by atoms with Gasteiger partial charge in [0.2, 0.25) is 5.60 Å². The van der Waals surface area contributed by atoms with Crippen LogP contribution in [0.5, 0.6) is 0 Å². The molecule has 2 N–H and O–H groups in total. The zero-order valence-electron chi connectivity index (χ0n) is 13.8. The van der Waals surface area contributed by atoms with E-state index in [1.165, 1.54) is 10.5 Å². The summed E-state index contributed by atoms with van der Waals surface area (Å²) in [4.78, 5) is 26.7. The molecule has 1 saturated heterocycles. The second kappa shape index (κ2) is 6.01. The van der Waals surface area contributed by atoms with Crippen LogP contribution in [0.15, 0.2) is 60.7 Å². The molecule has 2 aromatic carbocycles. The van der Waals surface area contributed by atoms with Gasteiger partial charge in [-0.05, 0) is 24.1 Å². The van der Waals surface area contributed by atoms with E-state index in [0.29, 0.717) is 12.2 Å². The van der Waals surface area contributed by atoms with Gasteiger partial charge in [-0.25, -0.2) is 0 Å². The Balaban J connectivity index is 1.43. The van der Waals surface area contributed by atoms with E-state index >= 15 is 0 Å². The average molecular weight is 336 g/mol. The minimum Gasteiger partial charge on any atom is -0.372 e. The highest BCUT2D eigenvalue weighted by molar-refractivity contribution is 6.16. The molecule has 0 aromatic heterocycles. The summed E-state index contributed by atoms with van der Waals surface area (Å²) < 4.78 is 0. The summed E-state index contributed by atoms with van der Waals surface area (Å²) in [6.45, 7) is 0.333. The standard InChI is InChI=1S/C20H20N2O3/c23-18(21-17-13-16(17)14-7-3-1-4-8-14)20(25)11-12-22(19(20)24)15-9-5-2-6-10-15/h1-10,16-17,25H,11-13H2,(H,21,23)/t16-,17+,20+/m1/s1. The van der Waals surface area contributed by atoms with Crippen molar-refractivity contribution in [2.45, 2.75) is 30.4 Å². The van der Waals surface area contributed by atoms with Gasteiger partial charge in [0, 0.05) is 30.6 Å². The van der Waals surface area contributed by atoms with Gasteiger partial charge in [-0.2, -0.15) is 0 Å². The minimum atomic E-state index is -1.97. The van der Waals surface area contributed by atoms with Gasteiger partial charge in [-0.15, -0.1) is 0 Å². The Hall–Kier alpha value is -2.66. The van der Waals surface area contributed by atoms with Crippen LogP contribution in [0.3, 0.4) is 0 Å². The Bertz CT molecular complexity index is 793.